The smallest absolute Gasteiger partial charge is 0.467 e. The van der Waals surface area contributed by atoms with Crippen LogP contribution in [0.25, 0.3) is 17.1 Å². The summed E-state index contributed by atoms with van der Waals surface area (Å²) in [6.07, 6.45) is -3.67. The Balaban J connectivity index is 1.36. The van der Waals surface area contributed by atoms with Crippen molar-refractivity contribution in [3.05, 3.63) is 89.7 Å². The van der Waals surface area contributed by atoms with E-state index in [0.29, 0.717) is 28.7 Å². The van der Waals surface area contributed by atoms with Crippen molar-refractivity contribution in [1.29, 1.82) is 0 Å². The van der Waals surface area contributed by atoms with Crippen LogP contribution >= 0.6 is 11.8 Å². The summed E-state index contributed by atoms with van der Waals surface area (Å²) in [6, 6.07) is 18.7. The average Bonchev–Trinajstić information content (AvgIpc) is 3.70. The van der Waals surface area contributed by atoms with Crippen molar-refractivity contribution in [2.24, 2.45) is 9.98 Å². The van der Waals surface area contributed by atoms with Gasteiger partial charge in [0.15, 0.2) is 11.0 Å². The van der Waals surface area contributed by atoms with E-state index in [-0.39, 0.29) is 35.3 Å². The van der Waals surface area contributed by atoms with Crippen LogP contribution in [0.15, 0.2) is 83.0 Å². The number of carbonyl (C=O) groups is 2. The van der Waals surface area contributed by atoms with Crippen molar-refractivity contribution in [2.75, 3.05) is 24.8 Å². The molecule has 5 rings (SSSR count). The molecule has 0 bridgehead atoms. The highest BCUT2D eigenvalue weighted by atomic mass is 32.2. The van der Waals surface area contributed by atoms with Crippen molar-refractivity contribution in [3.63, 3.8) is 0 Å². The number of amidine groups is 2. The molecule has 0 spiro atoms. The van der Waals surface area contributed by atoms with Crippen LogP contribution in [0.3, 0.4) is 0 Å². The van der Waals surface area contributed by atoms with Crippen molar-refractivity contribution >= 4 is 40.5 Å². The highest BCUT2D eigenvalue weighted by molar-refractivity contribution is 8.15. The van der Waals surface area contributed by atoms with E-state index in [0.717, 1.165) is 22.4 Å². The highest BCUT2D eigenvalue weighted by Crippen LogP contribution is 2.34. The van der Waals surface area contributed by atoms with Gasteiger partial charge in [-0.1, -0.05) is 62.0 Å². The van der Waals surface area contributed by atoms with E-state index < -0.39 is 12.5 Å². The van der Waals surface area contributed by atoms with Crippen LogP contribution < -0.4 is 9.64 Å². The molecule has 0 N–H and O–H groups in total. The van der Waals surface area contributed by atoms with E-state index in [2.05, 4.69) is 33.7 Å². The van der Waals surface area contributed by atoms with Gasteiger partial charge in [0.25, 0.3) is 0 Å². The summed E-state index contributed by atoms with van der Waals surface area (Å²) in [4.78, 5) is 42.4. The van der Waals surface area contributed by atoms with Crippen LogP contribution in [-0.4, -0.2) is 75.1 Å². The molecule has 1 aliphatic rings. The van der Waals surface area contributed by atoms with E-state index in [1.807, 2.05) is 49.4 Å². The molecular formula is C35H36F3N7O4S. The van der Waals surface area contributed by atoms with Crippen LogP contribution in [0, 0.1) is 6.92 Å². The Morgan fingerprint density at radius 2 is 1.78 bits per heavy atom. The lowest BCUT2D eigenvalue weighted by Crippen LogP contribution is -2.37. The van der Waals surface area contributed by atoms with E-state index in [4.69, 9.17) is 9.73 Å². The largest absolute Gasteiger partial charge is 0.573 e. The second-order valence-electron chi connectivity index (χ2n) is 11.8. The number of methoxy groups -OCH3 is 1. The number of alkyl halides is 3. The fourth-order valence-electron chi connectivity index (χ4n) is 5.15. The van der Waals surface area contributed by atoms with E-state index >= 15 is 0 Å². The SMILES string of the molecule is COC(/N=C1\SCC(=O)N1c1cc(C)ccc1C(C)C)=N/C(Cc1ccc(-c2ncn(-c3ccc(OC(F)(F)F)cc3)n2)cc1)N(C)C(C)=O. The maximum Gasteiger partial charge on any atom is 0.573 e. The molecule has 262 valence electrons. The van der Waals surface area contributed by atoms with Gasteiger partial charge in [-0.25, -0.2) is 14.7 Å². The maximum atomic E-state index is 13.1. The number of halogens is 3. The molecule has 4 aromatic rings. The molecule has 1 fully saturated rings. The first-order chi connectivity index (χ1) is 23.7. The fraction of sp³-hybridized carbons (Fsp3) is 0.314. The molecule has 1 aromatic heterocycles. The third-order valence-corrected chi connectivity index (χ3v) is 8.77. The first kappa shape index (κ1) is 36.1. The van der Waals surface area contributed by atoms with Gasteiger partial charge in [-0.05, 0) is 59.9 Å². The first-order valence-corrected chi connectivity index (χ1v) is 16.6. The van der Waals surface area contributed by atoms with Crippen LogP contribution in [0.5, 0.6) is 5.75 Å². The number of aryl methyl sites for hydroxylation is 1. The Morgan fingerprint density at radius 3 is 2.40 bits per heavy atom. The number of carbonyl (C=O) groups excluding carboxylic acids is 2. The summed E-state index contributed by atoms with van der Waals surface area (Å²) in [5.41, 5.74) is 4.86. The molecule has 50 heavy (non-hydrogen) atoms. The third kappa shape index (κ3) is 8.69. The second kappa shape index (κ2) is 15.2. The number of thioether (sulfide) groups is 1. The zero-order valence-electron chi connectivity index (χ0n) is 28.3. The third-order valence-electron chi connectivity index (χ3n) is 7.85. The fourth-order valence-corrected chi connectivity index (χ4v) is 6.01. The minimum absolute atomic E-state index is 0.0217. The number of amides is 2. The predicted molar refractivity (Wildman–Crippen MR) is 187 cm³/mol. The van der Waals surface area contributed by atoms with E-state index in [1.165, 1.54) is 66.0 Å². The molecule has 1 unspecified atom stereocenters. The number of rotatable bonds is 9. The topological polar surface area (TPSA) is 115 Å². The monoisotopic (exact) mass is 707 g/mol. The Bertz CT molecular complexity index is 1910. The summed E-state index contributed by atoms with van der Waals surface area (Å²) in [7, 11) is 3.09. The summed E-state index contributed by atoms with van der Waals surface area (Å²) in [5, 5.41) is 4.89. The van der Waals surface area contributed by atoms with E-state index in [1.54, 1.807) is 11.9 Å². The molecule has 0 saturated carbocycles. The normalized spacial score (nSPS) is 15.2. The van der Waals surface area contributed by atoms with Crippen LogP contribution in [-0.2, 0) is 20.7 Å². The highest BCUT2D eigenvalue weighted by Gasteiger charge is 2.33. The van der Waals surface area contributed by atoms with Crippen molar-refractivity contribution in [1.82, 2.24) is 19.7 Å². The molecule has 1 aliphatic heterocycles. The van der Waals surface area contributed by atoms with Gasteiger partial charge >= 0.3 is 12.4 Å². The number of aromatic nitrogens is 3. The molecule has 1 atom stereocenters. The van der Waals surface area contributed by atoms with Gasteiger partial charge in [0.05, 0.1) is 24.2 Å². The summed E-state index contributed by atoms with van der Waals surface area (Å²) in [5.74, 6) is 0.164. The van der Waals surface area contributed by atoms with Gasteiger partial charge in [0.2, 0.25) is 11.8 Å². The molecule has 1 saturated heterocycles. The second-order valence-corrected chi connectivity index (χ2v) is 12.8. The van der Waals surface area contributed by atoms with Crippen molar-refractivity contribution in [2.45, 2.75) is 52.6 Å². The lowest BCUT2D eigenvalue weighted by Gasteiger charge is -2.25. The van der Waals surface area contributed by atoms with Crippen molar-refractivity contribution < 1.29 is 32.2 Å². The number of hydrogen-bond acceptors (Lipinski definition) is 8. The Labute approximate surface area is 291 Å². The van der Waals surface area contributed by atoms with Gasteiger partial charge in [-0.15, -0.1) is 18.3 Å². The zero-order valence-corrected chi connectivity index (χ0v) is 29.1. The van der Waals surface area contributed by atoms with Gasteiger partial charge < -0.3 is 14.4 Å². The number of ether oxygens (including phenoxy) is 2. The molecule has 2 heterocycles. The number of nitrogens with zero attached hydrogens (tertiary/aromatic N) is 7. The average molecular weight is 708 g/mol. The Kier molecular flexibility index (Phi) is 10.9. The lowest BCUT2D eigenvalue weighted by molar-refractivity contribution is -0.274. The van der Waals surface area contributed by atoms with Gasteiger partial charge in [-0.3, -0.25) is 14.5 Å². The molecule has 0 aliphatic carbocycles. The first-order valence-electron chi connectivity index (χ1n) is 15.6. The van der Waals surface area contributed by atoms with Gasteiger partial charge in [0.1, 0.15) is 18.2 Å². The van der Waals surface area contributed by atoms with Crippen LogP contribution in [0.2, 0.25) is 0 Å². The number of likely N-dealkylation sites (N-methyl/N-ethyl adjacent to an activating group) is 1. The molecule has 0 radical (unpaired) electrons. The minimum Gasteiger partial charge on any atom is -0.467 e. The Morgan fingerprint density at radius 1 is 1.08 bits per heavy atom. The van der Waals surface area contributed by atoms with Gasteiger partial charge in [-0.2, -0.15) is 4.99 Å². The predicted octanol–water partition coefficient (Wildman–Crippen LogP) is 6.75. The number of benzene rings is 3. The van der Waals surface area contributed by atoms with Crippen LogP contribution in [0.1, 0.15) is 43.4 Å². The molecule has 2 amide bonds. The molecule has 3 aromatic carbocycles. The summed E-state index contributed by atoms with van der Waals surface area (Å²) in [6.45, 7) is 7.56. The molecule has 11 nitrogen and oxygen atoms in total. The van der Waals surface area contributed by atoms with Gasteiger partial charge in [0, 0.05) is 26.0 Å². The molecular weight excluding hydrogens is 671 g/mol. The summed E-state index contributed by atoms with van der Waals surface area (Å²) < 4.78 is 48.4. The Hall–Kier alpha value is -5.18. The van der Waals surface area contributed by atoms with E-state index in [9.17, 15) is 22.8 Å². The zero-order chi connectivity index (χ0) is 36.2. The maximum absolute atomic E-state index is 13.1. The molecule has 15 heteroatoms. The van der Waals surface area contributed by atoms with Crippen molar-refractivity contribution in [3.8, 4) is 22.8 Å². The van der Waals surface area contributed by atoms with Crippen LogP contribution in [0.4, 0.5) is 18.9 Å². The quantitative estimate of drug-likeness (QED) is 0.140. The summed E-state index contributed by atoms with van der Waals surface area (Å²) >= 11 is 1.30. The number of hydrogen-bond donors (Lipinski definition) is 0. The lowest BCUT2D eigenvalue weighted by atomic mass is 9.99. The number of anilines is 1. The minimum atomic E-state index is -4.78. The standard InChI is InChI=1S/C35H36F3N7O4S/c1-21(2)28-16-7-22(3)17-29(28)45-31(47)19-50-34(45)41-33(48-6)40-30(43(5)23(4)46)18-24-8-10-25(11-9-24)32-39-20-44(42-32)26-12-14-27(15-13-26)49-35(36,37)38/h7-17,20-21,30H,18-19H2,1-6H3/b40-33+,41-34-. The number of aliphatic imine (C=N–C) groups is 2.